The average molecular weight is 422 g/mol. The van der Waals surface area contributed by atoms with Crippen molar-refractivity contribution in [2.75, 3.05) is 39.3 Å². The quantitative estimate of drug-likeness (QED) is 0.731. The molecule has 0 amide bonds. The highest BCUT2D eigenvalue weighted by Crippen LogP contribution is 2.28. The molecule has 29 heavy (non-hydrogen) atoms. The first-order valence-corrected chi connectivity index (χ1v) is 12.8. The molecule has 0 aliphatic carbocycles. The minimum Gasteiger partial charge on any atom is -0.317 e. The SMILES string of the molecule is CC(C)(C)c1cccc(S(=O)(=O)N(CCCN2CCCCC2)C2CCNCC2)c1. The van der Waals surface area contributed by atoms with Crippen molar-refractivity contribution in [2.45, 2.75) is 75.6 Å². The van der Waals surface area contributed by atoms with Crippen LogP contribution in [0.5, 0.6) is 0 Å². The zero-order valence-electron chi connectivity index (χ0n) is 18.5. The molecule has 0 atom stereocenters. The number of hydrogen-bond donors (Lipinski definition) is 1. The van der Waals surface area contributed by atoms with Crippen LogP contribution in [0.4, 0.5) is 0 Å². The van der Waals surface area contributed by atoms with Crippen molar-refractivity contribution in [3.63, 3.8) is 0 Å². The second kappa shape index (κ2) is 9.90. The lowest BCUT2D eigenvalue weighted by Crippen LogP contribution is -2.47. The van der Waals surface area contributed by atoms with Gasteiger partial charge in [-0.05, 0) is 87.9 Å². The molecule has 0 saturated carbocycles. The van der Waals surface area contributed by atoms with E-state index in [1.54, 1.807) is 6.07 Å². The highest BCUT2D eigenvalue weighted by Gasteiger charge is 2.32. The molecule has 0 radical (unpaired) electrons. The highest BCUT2D eigenvalue weighted by atomic mass is 32.2. The Morgan fingerprint density at radius 2 is 1.79 bits per heavy atom. The Morgan fingerprint density at radius 3 is 2.45 bits per heavy atom. The van der Waals surface area contributed by atoms with Crippen molar-refractivity contribution in [1.29, 1.82) is 0 Å². The predicted molar refractivity (Wildman–Crippen MR) is 120 cm³/mol. The summed E-state index contributed by atoms with van der Waals surface area (Å²) in [5.41, 5.74) is 0.997. The summed E-state index contributed by atoms with van der Waals surface area (Å²) in [6, 6.07) is 7.67. The number of benzene rings is 1. The summed E-state index contributed by atoms with van der Waals surface area (Å²) in [4.78, 5) is 2.94. The molecule has 2 heterocycles. The van der Waals surface area contributed by atoms with E-state index in [4.69, 9.17) is 0 Å². The first kappa shape index (κ1) is 22.7. The maximum atomic E-state index is 13.7. The molecule has 1 aromatic carbocycles. The van der Waals surface area contributed by atoms with Crippen LogP contribution in [0.25, 0.3) is 0 Å². The zero-order chi connectivity index (χ0) is 20.9. The van der Waals surface area contributed by atoms with Gasteiger partial charge >= 0.3 is 0 Å². The van der Waals surface area contributed by atoms with Crippen molar-refractivity contribution in [1.82, 2.24) is 14.5 Å². The van der Waals surface area contributed by atoms with E-state index in [2.05, 4.69) is 31.0 Å². The molecule has 2 aliphatic rings. The molecule has 0 unspecified atom stereocenters. The van der Waals surface area contributed by atoms with Crippen LogP contribution in [-0.4, -0.2) is 62.9 Å². The van der Waals surface area contributed by atoms with E-state index in [1.807, 2.05) is 22.5 Å². The molecular weight excluding hydrogens is 382 g/mol. The summed E-state index contributed by atoms with van der Waals surface area (Å²) >= 11 is 0. The van der Waals surface area contributed by atoms with Crippen molar-refractivity contribution < 1.29 is 8.42 Å². The zero-order valence-corrected chi connectivity index (χ0v) is 19.3. The summed E-state index contributed by atoms with van der Waals surface area (Å²) < 4.78 is 29.2. The van der Waals surface area contributed by atoms with Gasteiger partial charge in [0, 0.05) is 12.6 Å². The monoisotopic (exact) mass is 421 g/mol. The Morgan fingerprint density at radius 1 is 1.10 bits per heavy atom. The van der Waals surface area contributed by atoms with Crippen molar-refractivity contribution in [3.8, 4) is 0 Å². The van der Waals surface area contributed by atoms with E-state index in [0.29, 0.717) is 11.4 Å². The molecule has 164 valence electrons. The molecule has 1 aromatic rings. The Balaban J connectivity index is 1.78. The summed E-state index contributed by atoms with van der Waals surface area (Å²) in [5, 5.41) is 3.37. The Bertz CT molecular complexity index is 746. The fourth-order valence-corrected chi connectivity index (χ4v) is 6.26. The molecular formula is C23H39N3O2S. The van der Waals surface area contributed by atoms with Crippen LogP contribution in [-0.2, 0) is 15.4 Å². The number of likely N-dealkylation sites (tertiary alicyclic amines) is 1. The van der Waals surface area contributed by atoms with Gasteiger partial charge in [0.1, 0.15) is 0 Å². The van der Waals surface area contributed by atoms with Crippen LogP contribution >= 0.6 is 0 Å². The average Bonchev–Trinajstić information content (AvgIpc) is 2.72. The summed E-state index contributed by atoms with van der Waals surface area (Å²) in [6.45, 7) is 12.1. The first-order chi connectivity index (χ1) is 13.8. The molecule has 2 saturated heterocycles. The lowest BCUT2D eigenvalue weighted by Gasteiger charge is -2.35. The second-order valence-corrected chi connectivity index (χ2v) is 11.5. The van der Waals surface area contributed by atoms with Gasteiger partial charge in [-0.1, -0.05) is 39.3 Å². The van der Waals surface area contributed by atoms with Gasteiger partial charge in [-0.2, -0.15) is 4.31 Å². The van der Waals surface area contributed by atoms with E-state index >= 15 is 0 Å². The molecule has 0 bridgehead atoms. The summed E-state index contributed by atoms with van der Waals surface area (Å²) in [5.74, 6) is 0. The number of nitrogens with zero attached hydrogens (tertiary/aromatic N) is 2. The van der Waals surface area contributed by atoms with Crippen LogP contribution < -0.4 is 5.32 Å². The first-order valence-electron chi connectivity index (χ1n) is 11.3. The number of rotatable bonds is 7. The fourth-order valence-electron chi connectivity index (χ4n) is 4.49. The van der Waals surface area contributed by atoms with Gasteiger partial charge in [0.05, 0.1) is 4.90 Å². The van der Waals surface area contributed by atoms with E-state index < -0.39 is 10.0 Å². The minimum atomic E-state index is -3.50. The lowest BCUT2D eigenvalue weighted by molar-refractivity contribution is 0.205. The second-order valence-electron chi connectivity index (χ2n) is 9.63. The smallest absolute Gasteiger partial charge is 0.243 e. The van der Waals surface area contributed by atoms with E-state index in [1.165, 1.54) is 19.3 Å². The number of hydrogen-bond acceptors (Lipinski definition) is 4. The molecule has 1 N–H and O–H groups in total. The van der Waals surface area contributed by atoms with Gasteiger partial charge in [-0.3, -0.25) is 0 Å². The van der Waals surface area contributed by atoms with E-state index in [0.717, 1.165) is 57.5 Å². The van der Waals surface area contributed by atoms with E-state index in [-0.39, 0.29) is 11.5 Å². The molecule has 5 nitrogen and oxygen atoms in total. The molecule has 3 rings (SSSR count). The van der Waals surface area contributed by atoms with Crippen LogP contribution in [0.15, 0.2) is 29.2 Å². The Hall–Kier alpha value is -0.950. The van der Waals surface area contributed by atoms with Crippen molar-refractivity contribution in [2.24, 2.45) is 0 Å². The standard InChI is InChI=1S/C23H39N3O2S/c1-23(2,3)20-9-7-10-22(19-20)29(27,28)26(21-11-13-24-14-12-21)18-8-17-25-15-5-4-6-16-25/h7,9-10,19,21,24H,4-6,8,11-18H2,1-3H3. The van der Waals surface area contributed by atoms with Gasteiger partial charge in [0.15, 0.2) is 0 Å². The lowest BCUT2D eigenvalue weighted by atomic mass is 9.87. The van der Waals surface area contributed by atoms with Gasteiger partial charge in [0.2, 0.25) is 10.0 Å². The van der Waals surface area contributed by atoms with Gasteiger partial charge in [-0.25, -0.2) is 8.42 Å². The van der Waals surface area contributed by atoms with Crippen LogP contribution in [0.3, 0.4) is 0 Å². The maximum Gasteiger partial charge on any atom is 0.243 e. The molecule has 0 aromatic heterocycles. The summed E-state index contributed by atoms with van der Waals surface area (Å²) in [7, 11) is -3.50. The molecule has 2 fully saturated rings. The largest absolute Gasteiger partial charge is 0.317 e. The third-order valence-corrected chi connectivity index (χ3v) is 8.27. The maximum absolute atomic E-state index is 13.7. The Labute approximate surface area is 177 Å². The van der Waals surface area contributed by atoms with E-state index in [9.17, 15) is 8.42 Å². The molecule has 2 aliphatic heterocycles. The number of nitrogens with one attached hydrogen (secondary N) is 1. The highest BCUT2D eigenvalue weighted by molar-refractivity contribution is 7.89. The number of piperidine rings is 2. The molecule has 6 heteroatoms. The number of sulfonamides is 1. The Kier molecular flexibility index (Phi) is 7.76. The van der Waals surface area contributed by atoms with Gasteiger partial charge in [0.25, 0.3) is 0 Å². The third kappa shape index (κ3) is 6.03. The predicted octanol–water partition coefficient (Wildman–Crippen LogP) is 3.60. The molecule has 0 spiro atoms. The van der Waals surface area contributed by atoms with Crippen LogP contribution in [0.2, 0.25) is 0 Å². The van der Waals surface area contributed by atoms with Crippen LogP contribution in [0.1, 0.15) is 64.9 Å². The topological polar surface area (TPSA) is 52.7 Å². The van der Waals surface area contributed by atoms with Crippen LogP contribution in [0, 0.1) is 0 Å². The van der Waals surface area contributed by atoms with Gasteiger partial charge < -0.3 is 10.2 Å². The third-order valence-electron chi connectivity index (χ3n) is 6.32. The summed E-state index contributed by atoms with van der Waals surface area (Å²) in [6.07, 6.45) is 6.56. The fraction of sp³-hybridized carbons (Fsp3) is 0.739. The van der Waals surface area contributed by atoms with Crippen molar-refractivity contribution >= 4 is 10.0 Å². The van der Waals surface area contributed by atoms with Gasteiger partial charge in [-0.15, -0.1) is 0 Å². The normalized spacial score (nSPS) is 20.3. The van der Waals surface area contributed by atoms with Crippen molar-refractivity contribution in [3.05, 3.63) is 29.8 Å². The minimum absolute atomic E-state index is 0.0701.